The van der Waals surface area contributed by atoms with E-state index in [1.165, 1.54) is 5.56 Å². The van der Waals surface area contributed by atoms with Crippen LogP contribution in [0.1, 0.15) is 11.6 Å². The van der Waals surface area contributed by atoms with Crippen molar-refractivity contribution < 1.29 is 4.79 Å². The Bertz CT molecular complexity index is 310. The van der Waals surface area contributed by atoms with Crippen molar-refractivity contribution in [1.82, 2.24) is 10.2 Å². The molecule has 0 bridgehead atoms. The molecule has 1 aliphatic heterocycles. The van der Waals surface area contributed by atoms with E-state index in [2.05, 4.69) is 5.32 Å². The fourth-order valence-electron chi connectivity index (χ4n) is 1.54. The predicted molar refractivity (Wildman–Crippen MR) is 50.3 cm³/mol. The third-order valence-electron chi connectivity index (χ3n) is 2.30. The standard InChI is InChI=1S/C10H12N2O/c1-12-7-9(11-10(12)13)8-5-3-2-4-6-8/h2-6,9H,7H2,1H3,(H,11,13)/t9-/m1/s1. The first kappa shape index (κ1) is 8.10. The number of carbonyl (C=O) groups excluding carboxylic acids is 1. The van der Waals surface area contributed by atoms with Crippen LogP contribution in [0.2, 0.25) is 0 Å². The molecule has 0 aliphatic carbocycles. The highest BCUT2D eigenvalue weighted by molar-refractivity contribution is 5.76. The molecule has 1 aromatic carbocycles. The van der Waals surface area contributed by atoms with Gasteiger partial charge in [0.05, 0.1) is 6.04 Å². The van der Waals surface area contributed by atoms with Crippen LogP contribution in [0.3, 0.4) is 0 Å². The fraction of sp³-hybridized carbons (Fsp3) is 0.300. The summed E-state index contributed by atoms with van der Waals surface area (Å²) in [4.78, 5) is 12.9. The van der Waals surface area contributed by atoms with Gasteiger partial charge in [0.25, 0.3) is 0 Å². The highest BCUT2D eigenvalue weighted by atomic mass is 16.2. The summed E-state index contributed by atoms with van der Waals surface area (Å²) in [5.41, 5.74) is 1.17. The van der Waals surface area contributed by atoms with Gasteiger partial charge >= 0.3 is 6.03 Å². The van der Waals surface area contributed by atoms with Crippen molar-refractivity contribution >= 4 is 6.03 Å². The number of carbonyl (C=O) groups is 1. The Morgan fingerprint density at radius 1 is 1.38 bits per heavy atom. The highest BCUT2D eigenvalue weighted by Crippen LogP contribution is 2.18. The largest absolute Gasteiger partial charge is 0.329 e. The minimum atomic E-state index is 0.00820. The molecule has 2 rings (SSSR count). The predicted octanol–water partition coefficient (Wildman–Crippen LogP) is 1.38. The Labute approximate surface area is 77.4 Å². The van der Waals surface area contributed by atoms with Crippen molar-refractivity contribution in [3.05, 3.63) is 35.9 Å². The number of likely N-dealkylation sites (N-methyl/N-ethyl adjacent to an activating group) is 1. The van der Waals surface area contributed by atoms with E-state index >= 15 is 0 Å². The Kier molecular flexibility index (Phi) is 1.93. The van der Waals surface area contributed by atoms with E-state index in [1.54, 1.807) is 11.9 Å². The zero-order chi connectivity index (χ0) is 9.26. The molecule has 1 atom stereocenters. The number of hydrogen-bond donors (Lipinski definition) is 1. The molecule has 3 nitrogen and oxygen atoms in total. The lowest BCUT2D eigenvalue weighted by Crippen LogP contribution is -2.23. The summed E-state index contributed by atoms with van der Waals surface area (Å²) in [5, 5.41) is 2.91. The number of benzene rings is 1. The molecule has 68 valence electrons. The first-order chi connectivity index (χ1) is 6.27. The molecular formula is C10H12N2O. The second-order valence-corrected chi connectivity index (χ2v) is 3.29. The van der Waals surface area contributed by atoms with Crippen molar-refractivity contribution in [2.24, 2.45) is 0 Å². The van der Waals surface area contributed by atoms with Crippen LogP contribution in [0.4, 0.5) is 4.79 Å². The molecule has 2 amide bonds. The van der Waals surface area contributed by atoms with Gasteiger partial charge in [0.15, 0.2) is 0 Å². The van der Waals surface area contributed by atoms with Gasteiger partial charge in [-0.1, -0.05) is 30.3 Å². The van der Waals surface area contributed by atoms with E-state index in [-0.39, 0.29) is 12.1 Å². The monoisotopic (exact) mass is 176 g/mol. The summed E-state index contributed by atoms with van der Waals surface area (Å²) in [5.74, 6) is 0. The molecule has 13 heavy (non-hydrogen) atoms. The highest BCUT2D eigenvalue weighted by Gasteiger charge is 2.26. The van der Waals surface area contributed by atoms with E-state index < -0.39 is 0 Å². The lowest BCUT2D eigenvalue weighted by atomic mass is 10.1. The van der Waals surface area contributed by atoms with Gasteiger partial charge in [-0.05, 0) is 5.56 Å². The third kappa shape index (κ3) is 1.49. The Hall–Kier alpha value is -1.51. The Morgan fingerprint density at radius 3 is 2.62 bits per heavy atom. The quantitative estimate of drug-likeness (QED) is 0.689. The second kappa shape index (κ2) is 3.09. The van der Waals surface area contributed by atoms with Crippen LogP contribution in [-0.2, 0) is 0 Å². The van der Waals surface area contributed by atoms with E-state index in [4.69, 9.17) is 0 Å². The summed E-state index contributed by atoms with van der Waals surface area (Å²) in [6, 6.07) is 10.2. The molecule has 0 spiro atoms. The summed E-state index contributed by atoms with van der Waals surface area (Å²) >= 11 is 0. The number of amides is 2. The van der Waals surface area contributed by atoms with Crippen molar-refractivity contribution in [1.29, 1.82) is 0 Å². The molecule has 0 radical (unpaired) electrons. The van der Waals surface area contributed by atoms with E-state index in [9.17, 15) is 4.79 Å². The van der Waals surface area contributed by atoms with E-state index in [1.807, 2.05) is 30.3 Å². The number of nitrogens with zero attached hydrogens (tertiary/aromatic N) is 1. The van der Waals surface area contributed by atoms with Gasteiger partial charge in [0.2, 0.25) is 0 Å². The van der Waals surface area contributed by atoms with Crippen LogP contribution < -0.4 is 5.32 Å². The number of nitrogens with one attached hydrogen (secondary N) is 1. The second-order valence-electron chi connectivity index (χ2n) is 3.29. The van der Waals surface area contributed by atoms with Gasteiger partial charge in [-0.2, -0.15) is 0 Å². The Balaban J connectivity index is 2.17. The first-order valence-electron chi connectivity index (χ1n) is 4.34. The van der Waals surface area contributed by atoms with Gasteiger partial charge in [-0.25, -0.2) is 4.79 Å². The molecule has 1 aliphatic rings. The topological polar surface area (TPSA) is 32.3 Å². The molecule has 1 aromatic rings. The maximum atomic E-state index is 11.2. The molecule has 1 fully saturated rings. The molecule has 3 heteroatoms. The van der Waals surface area contributed by atoms with Crippen LogP contribution >= 0.6 is 0 Å². The third-order valence-corrected chi connectivity index (χ3v) is 2.30. The molecule has 0 unspecified atom stereocenters. The zero-order valence-electron chi connectivity index (χ0n) is 7.53. The SMILES string of the molecule is CN1C[C@H](c2ccccc2)NC1=O. The molecule has 1 saturated heterocycles. The molecular weight excluding hydrogens is 164 g/mol. The summed E-state index contributed by atoms with van der Waals surface area (Å²) in [6.45, 7) is 0.753. The minimum Gasteiger partial charge on any atom is -0.329 e. The van der Waals surface area contributed by atoms with Gasteiger partial charge < -0.3 is 10.2 Å². The van der Waals surface area contributed by atoms with E-state index in [0.29, 0.717) is 0 Å². The number of hydrogen-bond acceptors (Lipinski definition) is 1. The number of urea groups is 1. The van der Waals surface area contributed by atoms with Crippen molar-refractivity contribution in [2.45, 2.75) is 6.04 Å². The lowest BCUT2D eigenvalue weighted by Gasteiger charge is -2.08. The summed E-state index contributed by atoms with van der Waals surface area (Å²) in [7, 11) is 1.80. The van der Waals surface area contributed by atoms with E-state index in [0.717, 1.165) is 6.54 Å². The van der Waals surface area contributed by atoms with Gasteiger partial charge in [-0.3, -0.25) is 0 Å². The molecule has 1 N–H and O–H groups in total. The summed E-state index contributed by atoms with van der Waals surface area (Å²) in [6.07, 6.45) is 0. The van der Waals surface area contributed by atoms with Gasteiger partial charge in [0.1, 0.15) is 0 Å². The number of rotatable bonds is 1. The molecule has 1 heterocycles. The molecule has 0 aromatic heterocycles. The summed E-state index contributed by atoms with van der Waals surface area (Å²) < 4.78 is 0. The fourth-order valence-corrected chi connectivity index (χ4v) is 1.54. The minimum absolute atomic E-state index is 0.00820. The van der Waals surface area contributed by atoms with Crippen LogP contribution in [0.15, 0.2) is 30.3 Å². The smallest absolute Gasteiger partial charge is 0.317 e. The maximum Gasteiger partial charge on any atom is 0.317 e. The maximum absolute atomic E-state index is 11.2. The van der Waals surface area contributed by atoms with Crippen molar-refractivity contribution in [3.8, 4) is 0 Å². The Morgan fingerprint density at radius 2 is 2.08 bits per heavy atom. The van der Waals surface area contributed by atoms with Crippen molar-refractivity contribution in [2.75, 3.05) is 13.6 Å². The average Bonchev–Trinajstić information content (AvgIpc) is 2.49. The van der Waals surface area contributed by atoms with Crippen LogP contribution in [0, 0.1) is 0 Å². The van der Waals surface area contributed by atoms with Gasteiger partial charge in [0, 0.05) is 13.6 Å². The zero-order valence-corrected chi connectivity index (χ0v) is 7.53. The van der Waals surface area contributed by atoms with Crippen LogP contribution in [0.25, 0.3) is 0 Å². The molecule has 0 saturated carbocycles. The van der Waals surface area contributed by atoms with Crippen LogP contribution in [-0.4, -0.2) is 24.5 Å². The van der Waals surface area contributed by atoms with Gasteiger partial charge in [-0.15, -0.1) is 0 Å². The lowest BCUT2D eigenvalue weighted by molar-refractivity contribution is 0.226. The van der Waals surface area contributed by atoms with Crippen molar-refractivity contribution in [3.63, 3.8) is 0 Å². The van der Waals surface area contributed by atoms with Crippen LogP contribution in [0.5, 0.6) is 0 Å². The average molecular weight is 176 g/mol. The first-order valence-corrected chi connectivity index (χ1v) is 4.34. The normalized spacial score (nSPS) is 21.8.